The Morgan fingerprint density at radius 2 is 2.00 bits per heavy atom. The van der Waals surface area contributed by atoms with Gasteiger partial charge in [0, 0.05) is 0 Å². The summed E-state index contributed by atoms with van der Waals surface area (Å²) in [6, 6.07) is -0.524. The van der Waals surface area contributed by atoms with Crippen molar-refractivity contribution in [1.82, 2.24) is 10.3 Å². The average molecular weight is 298 g/mol. The van der Waals surface area contributed by atoms with Crippen molar-refractivity contribution in [3.8, 4) is 0 Å². The zero-order valence-corrected chi connectivity index (χ0v) is 13.3. The Balaban J connectivity index is 2.83. The van der Waals surface area contributed by atoms with E-state index in [9.17, 15) is 9.59 Å². The highest BCUT2D eigenvalue weighted by molar-refractivity contribution is 5.87. The van der Waals surface area contributed by atoms with Crippen molar-refractivity contribution in [2.75, 3.05) is 7.11 Å². The van der Waals surface area contributed by atoms with Crippen molar-refractivity contribution >= 4 is 12.1 Å². The fourth-order valence-corrected chi connectivity index (χ4v) is 1.59. The number of aromatic nitrogens is 1. The first-order valence-corrected chi connectivity index (χ1v) is 6.75. The normalized spacial score (nSPS) is 12.7. The van der Waals surface area contributed by atoms with Crippen LogP contribution in [0.2, 0.25) is 0 Å². The van der Waals surface area contributed by atoms with Crippen molar-refractivity contribution in [2.24, 2.45) is 0 Å². The Morgan fingerprint density at radius 3 is 2.48 bits per heavy atom. The molecule has 118 valence electrons. The van der Waals surface area contributed by atoms with E-state index >= 15 is 0 Å². The number of oxazole rings is 1. The zero-order chi connectivity index (χ0) is 16.2. The number of amides is 1. The van der Waals surface area contributed by atoms with E-state index in [2.05, 4.69) is 15.0 Å². The van der Waals surface area contributed by atoms with Crippen LogP contribution in [0.4, 0.5) is 4.79 Å². The monoisotopic (exact) mass is 298 g/mol. The minimum Gasteiger partial charge on any atom is -0.463 e. The van der Waals surface area contributed by atoms with Crippen LogP contribution < -0.4 is 5.32 Å². The lowest BCUT2D eigenvalue weighted by Gasteiger charge is -2.21. The zero-order valence-electron chi connectivity index (χ0n) is 13.3. The summed E-state index contributed by atoms with van der Waals surface area (Å²) in [5, 5.41) is 2.60. The molecular weight excluding hydrogens is 276 g/mol. The largest absolute Gasteiger partial charge is 0.463 e. The van der Waals surface area contributed by atoms with Crippen LogP contribution in [-0.2, 0) is 15.9 Å². The van der Waals surface area contributed by atoms with Gasteiger partial charge in [0.25, 0.3) is 0 Å². The maximum Gasteiger partial charge on any atom is 0.408 e. The number of hydrogen-bond acceptors (Lipinski definition) is 6. The summed E-state index contributed by atoms with van der Waals surface area (Å²) in [6.45, 7) is 8.85. The third-order valence-corrected chi connectivity index (χ3v) is 2.52. The van der Waals surface area contributed by atoms with Gasteiger partial charge in [-0.15, -0.1) is 0 Å². The highest BCUT2D eigenvalue weighted by atomic mass is 16.6. The summed E-state index contributed by atoms with van der Waals surface area (Å²) in [7, 11) is 1.27. The molecule has 0 spiro atoms. The fraction of sp³-hybridized carbons (Fsp3) is 0.643. The smallest absolute Gasteiger partial charge is 0.408 e. The Labute approximate surface area is 124 Å². The highest BCUT2D eigenvalue weighted by Crippen LogP contribution is 2.19. The van der Waals surface area contributed by atoms with E-state index in [1.54, 1.807) is 27.7 Å². The molecule has 0 saturated heterocycles. The van der Waals surface area contributed by atoms with Crippen LogP contribution in [0.3, 0.4) is 0 Å². The summed E-state index contributed by atoms with van der Waals surface area (Å²) in [5.41, 5.74) is -0.0960. The summed E-state index contributed by atoms with van der Waals surface area (Å²) < 4.78 is 15.2. The number of nitrogens with one attached hydrogen (secondary N) is 1. The molecule has 0 radical (unpaired) electrons. The van der Waals surface area contributed by atoms with Crippen LogP contribution in [0.25, 0.3) is 0 Å². The molecule has 1 N–H and O–H groups in total. The first-order valence-electron chi connectivity index (χ1n) is 6.75. The Bertz CT molecular complexity index is 516. The topological polar surface area (TPSA) is 90.7 Å². The van der Waals surface area contributed by atoms with E-state index in [-0.39, 0.29) is 11.7 Å². The van der Waals surface area contributed by atoms with Gasteiger partial charge >= 0.3 is 12.1 Å². The number of alkyl carbamates (subject to hydrolysis) is 1. The quantitative estimate of drug-likeness (QED) is 0.859. The predicted octanol–water partition coefficient (Wildman–Crippen LogP) is 2.61. The molecule has 0 aliphatic carbocycles. The van der Waals surface area contributed by atoms with Crippen molar-refractivity contribution in [3.05, 3.63) is 17.3 Å². The van der Waals surface area contributed by atoms with E-state index in [1.165, 1.54) is 7.11 Å². The number of rotatable bonds is 4. The number of carbonyl (C=O) groups is 2. The average Bonchev–Trinajstić information content (AvgIpc) is 2.79. The lowest BCUT2D eigenvalue weighted by atomic mass is 10.2. The van der Waals surface area contributed by atoms with E-state index < -0.39 is 23.7 Å². The molecule has 1 amide bonds. The van der Waals surface area contributed by atoms with Gasteiger partial charge in [-0.3, -0.25) is 0 Å². The van der Waals surface area contributed by atoms with Crippen molar-refractivity contribution in [1.29, 1.82) is 0 Å². The molecule has 0 fully saturated rings. The van der Waals surface area contributed by atoms with Crippen molar-refractivity contribution < 1.29 is 23.5 Å². The number of aryl methyl sites for hydroxylation is 1. The standard InChI is InChI=1S/C14H22N2O5/c1-7-9-10(12(17)19-6)20-11(16-9)8(2)15-13(18)21-14(3,4)5/h8H,7H2,1-6H3,(H,15,18)/t8-/m1/s1. The second kappa shape index (κ2) is 6.60. The minimum absolute atomic E-state index is 0.0628. The van der Waals surface area contributed by atoms with Gasteiger partial charge in [0.1, 0.15) is 11.6 Å². The SMILES string of the molecule is CCc1nc([C@@H](C)NC(=O)OC(C)(C)C)oc1C(=O)OC. The molecule has 0 aromatic carbocycles. The van der Waals surface area contributed by atoms with E-state index in [1.807, 2.05) is 6.92 Å². The molecule has 1 aromatic heterocycles. The third kappa shape index (κ3) is 4.77. The van der Waals surface area contributed by atoms with Crippen LogP contribution in [0.1, 0.15) is 62.8 Å². The Kier molecular flexibility index (Phi) is 5.34. The first-order chi connectivity index (χ1) is 9.67. The second-order valence-electron chi connectivity index (χ2n) is 5.54. The number of esters is 1. The summed E-state index contributed by atoms with van der Waals surface area (Å²) in [6.07, 6.45) is -0.0570. The van der Waals surface area contributed by atoms with Gasteiger partial charge in [-0.25, -0.2) is 14.6 Å². The predicted molar refractivity (Wildman–Crippen MR) is 75.0 cm³/mol. The molecule has 0 bridgehead atoms. The molecule has 0 aliphatic rings. The molecule has 21 heavy (non-hydrogen) atoms. The van der Waals surface area contributed by atoms with Gasteiger partial charge in [0.2, 0.25) is 11.7 Å². The van der Waals surface area contributed by atoms with Gasteiger partial charge in [0.15, 0.2) is 0 Å². The van der Waals surface area contributed by atoms with Crippen LogP contribution in [0.5, 0.6) is 0 Å². The molecule has 0 aliphatic heterocycles. The maximum atomic E-state index is 11.7. The van der Waals surface area contributed by atoms with Crippen LogP contribution in [0.15, 0.2) is 4.42 Å². The lowest BCUT2D eigenvalue weighted by Crippen LogP contribution is -2.34. The number of nitrogens with zero attached hydrogens (tertiary/aromatic N) is 1. The third-order valence-electron chi connectivity index (χ3n) is 2.52. The van der Waals surface area contributed by atoms with Gasteiger partial charge in [-0.1, -0.05) is 6.92 Å². The van der Waals surface area contributed by atoms with Gasteiger partial charge < -0.3 is 19.2 Å². The summed E-state index contributed by atoms with van der Waals surface area (Å²) in [5.74, 6) is -0.291. The molecule has 7 heteroatoms. The first kappa shape index (κ1) is 17.0. The number of carbonyl (C=O) groups excluding carboxylic acids is 2. The molecule has 0 saturated carbocycles. The van der Waals surface area contributed by atoms with Crippen LogP contribution >= 0.6 is 0 Å². The molecule has 0 unspecified atom stereocenters. The minimum atomic E-state index is -0.591. The highest BCUT2D eigenvalue weighted by Gasteiger charge is 2.25. The van der Waals surface area contributed by atoms with Gasteiger partial charge in [-0.2, -0.15) is 0 Å². The van der Waals surface area contributed by atoms with E-state index in [0.717, 1.165) is 0 Å². The fourth-order valence-electron chi connectivity index (χ4n) is 1.59. The molecule has 7 nitrogen and oxygen atoms in total. The number of hydrogen-bond donors (Lipinski definition) is 1. The molecule has 1 aromatic rings. The molecule has 1 heterocycles. The molecule has 1 rings (SSSR count). The van der Waals surface area contributed by atoms with Gasteiger partial charge in [-0.05, 0) is 34.1 Å². The number of methoxy groups -OCH3 is 1. The number of ether oxygens (including phenoxy) is 2. The van der Waals surface area contributed by atoms with Crippen LogP contribution in [0, 0.1) is 0 Å². The van der Waals surface area contributed by atoms with Crippen molar-refractivity contribution in [2.45, 2.75) is 52.7 Å². The van der Waals surface area contributed by atoms with E-state index in [4.69, 9.17) is 9.15 Å². The second-order valence-corrected chi connectivity index (χ2v) is 5.54. The van der Waals surface area contributed by atoms with Crippen molar-refractivity contribution in [3.63, 3.8) is 0 Å². The lowest BCUT2D eigenvalue weighted by molar-refractivity contribution is 0.0500. The maximum absolute atomic E-state index is 11.7. The van der Waals surface area contributed by atoms with E-state index in [0.29, 0.717) is 12.1 Å². The molecule has 1 atom stereocenters. The summed E-state index contributed by atoms with van der Waals surface area (Å²) >= 11 is 0. The van der Waals surface area contributed by atoms with Crippen LogP contribution in [-0.4, -0.2) is 29.8 Å². The Morgan fingerprint density at radius 1 is 1.38 bits per heavy atom. The van der Waals surface area contributed by atoms with Gasteiger partial charge in [0.05, 0.1) is 12.8 Å². The molecular formula is C14H22N2O5. The summed E-state index contributed by atoms with van der Waals surface area (Å²) in [4.78, 5) is 27.5. The Hall–Kier alpha value is -2.05.